The van der Waals surface area contributed by atoms with Gasteiger partial charge in [-0.1, -0.05) is 23.7 Å². The van der Waals surface area contributed by atoms with E-state index in [1.54, 1.807) is 49.6 Å². The van der Waals surface area contributed by atoms with Crippen molar-refractivity contribution in [3.8, 4) is 11.5 Å². The summed E-state index contributed by atoms with van der Waals surface area (Å²) < 4.78 is 15.8. The van der Waals surface area contributed by atoms with Crippen molar-refractivity contribution in [1.82, 2.24) is 5.32 Å². The summed E-state index contributed by atoms with van der Waals surface area (Å²) in [6.45, 7) is 0.483. The Labute approximate surface area is 161 Å². The van der Waals surface area contributed by atoms with Crippen LogP contribution >= 0.6 is 11.6 Å². The summed E-state index contributed by atoms with van der Waals surface area (Å²) in [6.07, 6.45) is -0.962. The molecule has 2 aromatic carbocycles. The lowest BCUT2D eigenvalue weighted by Gasteiger charge is -2.16. The van der Waals surface area contributed by atoms with Crippen molar-refractivity contribution >= 4 is 29.3 Å². The van der Waals surface area contributed by atoms with Crippen molar-refractivity contribution in [2.75, 3.05) is 32.2 Å². The average Bonchev–Trinajstić information content (AvgIpc) is 3.06. The molecule has 0 aliphatic carbocycles. The molecule has 0 saturated carbocycles. The number of methoxy groups -OCH3 is 2. The first kappa shape index (κ1) is 18.8. The monoisotopic (exact) mass is 390 g/mol. The summed E-state index contributed by atoms with van der Waals surface area (Å²) in [5, 5.41) is 3.11. The SMILES string of the molecule is COc1ccc(N2CC(CNC(=O)c3ccccc3Cl)OC2=O)cc1OC. The van der Waals surface area contributed by atoms with Crippen molar-refractivity contribution in [3.05, 3.63) is 53.1 Å². The van der Waals surface area contributed by atoms with Crippen molar-refractivity contribution in [3.63, 3.8) is 0 Å². The van der Waals surface area contributed by atoms with Crippen LogP contribution in [0.5, 0.6) is 11.5 Å². The largest absolute Gasteiger partial charge is 0.493 e. The van der Waals surface area contributed by atoms with Gasteiger partial charge in [-0.25, -0.2) is 4.79 Å². The van der Waals surface area contributed by atoms with Crippen LogP contribution in [0.4, 0.5) is 10.5 Å². The first-order valence-electron chi connectivity index (χ1n) is 8.26. The van der Waals surface area contributed by atoms with Gasteiger partial charge in [0.15, 0.2) is 11.5 Å². The van der Waals surface area contributed by atoms with E-state index in [0.29, 0.717) is 34.3 Å². The number of hydrogen-bond acceptors (Lipinski definition) is 5. The predicted molar refractivity (Wildman–Crippen MR) is 101 cm³/mol. The summed E-state index contributed by atoms with van der Waals surface area (Å²) in [4.78, 5) is 25.9. The summed E-state index contributed by atoms with van der Waals surface area (Å²) in [5.41, 5.74) is 0.998. The second-order valence-corrected chi connectivity index (χ2v) is 6.25. The highest BCUT2D eigenvalue weighted by atomic mass is 35.5. The maximum absolute atomic E-state index is 12.2. The third-order valence-electron chi connectivity index (χ3n) is 4.16. The number of hydrogen-bond donors (Lipinski definition) is 1. The minimum Gasteiger partial charge on any atom is -0.493 e. The Hall–Kier alpha value is -2.93. The van der Waals surface area contributed by atoms with E-state index in [2.05, 4.69) is 5.32 Å². The van der Waals surface area contributed by atoms with E-state index in [-0.39, 0.29) is 12.5 Å². The van der Waals surface area contributed by atoms with Gasteiger partial charge in [0.05, 0.1) is 43.6 Å². The number of nitrogens with one attached hydrogen (secondary N) is 1. The van der Waals surface area contributed by atoms with Gasteiger partial charge in [-0.05, 0) is 24.3 Å². The fourth-order valence-electron chi connectivity index (χ4n) is 2.78. The number of benzene rings is 2. The van der Waals surface area contributed by atoms with E-state index in [0.717, 1.165) is 0 Å². The number of amides is 2. The van der Waals surface area contributed by atoms with Crippen LogP contribution < -0.4 is 19.7 Å². The van der Waals surface area contributed by atoms with E-state index in [9.17, 15) is 9.59 Å². The van der Waals surface area contributed by atoms with Gasteiger partial charge in [0.25, 0.3) is 5.91 Å². The molecule has 2 aromatic rings. The minimum atomic E-state index is -0.487. The molecule has 7 nitrogen and oxygen atoms in total. The molecule has 1 heterocycles. The molecule has 1 unspecified atom stereocenters. The van der Waals surface area contributed by atoms with Crippen molar-refractivity contribution in [1.29, 1.82) is 0 Å². The Morgan fingerprint density at radius 1 is 1.22 bits per heavy atom. The Morgan fingerprint density at radius 2 is 1.96 bits per heavy atom. The third kappa shape index (κ3) is 4.09. The lowest BCUT2D eigenvalue weighted by molar-refractivity contribution is 0.0916. The predicted octanol–water partition coefficient (Wildman–Crippen LogP) is 3.11. The Morgan fingerprint density at radius 3 is 2.67 bits per heavy atom. The topological polar surface area (TPSA) is 77.1 Å². The van der Waals surface area contributed by atoms with E-state index in [1.807, 2.05) is 0 Å². The molecule has 0 bridgehead atoms. The average molecular weight is 391 g/mol. The summed E-state index contributed by atoms with van der Waals surface area (Å²) >= 11 is 6.02. The van der Waals surface area contributed by atoms with Gasteiger partial charge in [0.1, 0.15) is 6.10 Å². The number of carbonyl (C=O) groups excluding carboxylic acids is 2. The normalized spacial score (nSPS) is 16.0. The molecular weight excluding hydrogens is 372 g/mol. The van der Waals surface area contributed by atoms with Gasteiger partial charge in [-0.2, -0.15) is 0 Å². The van der Waals surface area contributed by atoms with E-state index >= 15 is 0 Å². The standard InChI is InChI=1S/C19H19ClN2O5/c1-25-16-8-7-12(9-17(16)26-2)22-11-13(27-19(22)24)10-21-18(23)14-5-3-4-6-15(14)20/h3-9,13H,10-11H2,1-2H3,(H,21,23). The number of rotatable bonds is 6. The highest BCUT2D eigenvalue weighted by Crippen LogP contribution is 2.33. The molecule has 0 radical (unpaired) electrons. The van der Waals surface area contributed by atoms with Crippen LogP contribution in [0.25, 0.3) is 0 Å². The number of ether oxygens (including phenoxy) is 3. The Bertz CT molecular complexity index is 858. The zero-order valence-corrected chi connectivity index (χ0v) is 15.7. The summed E-state index contributed by atoms with van der Waals surface area (Å²) in [7, 11) is 3.07. The second kappa shape index (κ2) is 8.18. The lowest BCUT2D eigenvalue weighted by Crippen LogP contribution is -2.34. The third-order valence-corrected chi connectivity index (χ3v) is 4.49. The molecule has 0 spiro atoms. The van der Waals surface area contributed by atoms with Crippen molar-refractivity contribution < 1.29 is 23.8 Å². The van der Waals surface area contributed by atoms with Gasteiger partial charge in [-0.15, -0.1) is 0 Å². The van der Waals surface area contributed by atoms with Crippen LogP contribution in [0.3, 0.4) is 0 Å². The highest BCUT2D eigenvalue weighted by molar-refractivity contribution is 6.33. The molecule has 2 amide bonds. The number of halogens is 1. The molecule has 1 atom stereocenters. The maximum Gasteiger partial charge on any atom is 0.414 e. The molecule has 0 aromatic heterocycles. The molecule has 3 rings (SSSR count). The van der Waals surface area contributed by atoms with Crippen LogP contribution in [-0.2, 0) is 4.74 Å². The Balaban J connectivity index is 1.64. The molecule has 8 heteroatoms. The summed E-state index contributed by atoms with van der Waals surface area (Å²) in [5.74, 6) is 0.761. The van der Waals surface area contributed by atoms with Crippen LogP contribution in [0.1, 0.15) is 10.4 Å². The first-order chi connectivity index (χ1) is 13.0. The fraction of sp³-hybridized carbons (Fsp3) is 0.263. The molecule has 1 N–H and O–H groups in total. The molecule has 1 fully saturated rings. The van der Waals surface area contributed by atoms with Gasteiger partial charge >= 0.3 is 6.09 Å². The minimum absolute atomic E-state index is 0.180. The molecule has 27 heavy (non-hydrogen) atoms. The van der Waals surface area contributed by atoms with E-state index in [1.165, 1.54) is 12.0 Å². The van der Waals surface area contributed by atoms with E-state index in [4.69, 9.17) is 25.8 Å². The quantitative estimate of drug-likeness (QED) is 0.820. The fourth-order valence-corrected chi connectivity index (χ4v) is 3.00. The van der Waals surface area contributed by atoms with E-state index < -0.39 is 12.2 Å². The zero-order chi connectivity index (χ0) is 19.4. The van der Waals surface area contributed by atoms with Crippen LogP contribution in [0, 0.1) is 0 Å². The van der Waals surface area contributed by atoms with Crippen LogP contribution in [-0.4, -0.2) is 45.4 Å². The van der Waals surface area contributed by atoms with Gasteiger partial charge in [0, 0.05) is 6.07 Å². The first-order valence-corrected chi connectivity index (χ1v) is 8.64. The van der Waals surface area contributed by atoms with Crippen LogP contribution in [0.15, 0.2) is 42.5 Å². The van der Waals surface area contributed by atoms with Gasteiger partial charge in [-0.3, -0.25) is 9.69 Å². The van der Waals surface area contributed by atoms with Gasteiger partial charge < -0.3 is 19.5 Å². The zero-order valence-electron chi connectivity index (χ0n) is 14.9. The molecule has 1 saturated heterocycles. The maximum atomic E-state index is 12.2. The highest BCUT2D eigenvalue weighted by Gasteiger charge is 2.33. The summed E-state index contributed by atoms with van der Waals surface area (Å²) in [6, 6.07) is 11.9. The number of carbonyl (C=O) groups is 2. The number of nitrogens with zero attached hydrogens (tertiary/aromatic N) is 1. The van der Waals surface area contributed by atoms with Crippen molar-refractivity contribution in [2.24, 2.45) is 0 Å². The molecule has 1 aliphatic rings. The van der Waals surface area contributed by atoms with Crippen molar-refractivity contribution in [2.45, 2.75) is 6.10 Å². The van der Waals surface area contributed by atoms with Gasteiger partial charge in [0.2, 0.25) is 0 Å². The Kier molecular flexibility index (Phi) is 5.71. The molecule has 1 aliphatic heterocycles. The smallest absolute Gasteiger partial charge is 0.414 e. The lowest BCUT2D eigenvalue weighted by atomic mass is 10.2. The number of cyclic esters (lactones) is 1. The number of anilines is 1. The van der Waals surface area contributed by atoms with Crippen LogP contribution in [0.2, 0.25) is 5.02 Å². The molecular formula is C19H19ClN2O5. The molecule has 142 valence electrons. The second-order valence-electron chi connectivity index (χ2n) is 5.85.